The van der Waals surface area contributed by atoms with Gasteiger partial charge in [0, 0.05) is 4.47 Å². The second-order valence-corrected chi connectivity index (χ2v) is 8.34. The molecule has 0 aliphatic rings. The molecule has 2 aromatic carbocycles. The van der Waals surface area contributed by atoms with Crippen LogP contribution in [0.4, 0.5) is 5.69 Å². The fraction of sp³-hybridized carbons (Fsp3) is 0.278. The number of benzene rings is 2. The summed E-state index contributed by atoms with van der Waals surface area (Å²) in [5, 5.41) is 9.40. The highest BCUT2D eigenvalue weighted by molar-refractivity contribution is 9.10. The predicted octanol–water partition coefficient (Wildman–Crippen LogP) is 3.91. The molecule has 140 valence electrons. The number of sulfonamides is 1. The fourth-order valence-electron chi connectivity index (χ4n) is 2.30. The van der Waals surface area contributed by atoms with Crippen LogP contribution in [0.1, 0.15) is 20.3 Å². The average Bonchev–Trinajstić information content (AvgIpc) is 2.61. The van der Waals surface area contributed by atoms with Crippen molar-refractivity contribution in [1.82, 2.24) is 0 Å². The Morgan fingerprint density at radius 2 is 1.73 bits per heavy atom. The molecule has 0 amide bonds. The Morgan fingerprint density at radius 1 is 1.15 bits per heavy atom. The zero-order valence-electron chi connectivity index (χ0n) is 14.4. The lowest BCUT2D eigenvalue weighted by Crippen LogP contribution is -2.43. The van der Waals surface area contributed by atoms with Gasteiger partial charge in [-0.3, -0.25) is 4.31 Å². The molecule has 2 rings (SSSR count). The molecule has 0 bridgehead atoms. The van der Waals surface area contributed by atoms with Gasteiger partial charge in [-0.2, -0.15) is 0 Å². The monoisotopic (exact) mass is 441 g/mol. The summed E-state index contributed by atoms with van der Waals surface area (Å²) < 4.78 is 33.3. The van der Waals surface area contributed by atoms with E-state index < -0.39 is 22.0 Å². The Hall–Kier alpha value is -2.06. The molecule has 6 nitrogen and oxygen atoms in total. The van der Waals surface area contributed by atoms with Gasteiger partial charge in [0.1, 0.15) is 11.8 Å². The van der Waals surface area contributed by atoms with Gasteiger partial charge in [-0.25, -0.2) is 13.2 Å². The second-order valence-electron chi connectivity index (χ2n) is 5.61. The zero-order valence-corrected chi connectivity index (χ0v) is 16.8. The lowest BCUT2D eigenvalue weighted by Gasteiger charge is -2.28. The number of nitrogens with zero attached hydrogens (tertiary/aromatic N) is 1. The highest BCUT2D eigenvalue weighted by atomic mass is 79.9. The topological polar surface area (TPSA) is 83.9 Å². The maximum atomic E-state index is 13.1. The molecule has 0 radical (unpaired) electrons. The predicted molar refractivity (Wildman–Crippen MR) is 103 cm³/mol. The molecule has 0 heterocycles. The van der Waals surface area contributed by atoms with Gasteiger partial charge >= 0.3 is 5.97 Å². The third kappa shape index (κ3) is 4.56. The molecule has 1 N–H and O–H groups in total. The fourth-order valence-corrected chi connectivity index (χ4v) is 4.18. The minimum Gasteiger partial charge on any atom is -0.494 e. The number of hydrogen-bond donors (Lipinski definition) is 1. The quantitative estimate of drug-likeness (QED) is 0.671. The Kier molecular flexibility index (Phi) is 6.66. The standard InChI is InChI=1S/C18H20BrNO5S/c1-3-12-25-16-8-6-15(7-9-16)20(13(2)18(21)22)26(23,24)17-10-4-14(19)5-11-17/h4-11,13H,3,12H2,1-2H3,(H,21,22). The first-order chi connectivity index (χ1) is 12.3. The summed E-state index contributed by atoms with van der Waals surface area (Å²) in [6.07, 6.45) is 0.849. The van der Waals surface area contributed by atoms with Crippen LogP contribution in [0.2, 0.25) is 0 Å². The molecule has 2 aromatic rings. The molecule has 0 aromatic heterocycles. The Bertz CT molecular complexity index is 850. The van der Waals surface area contributed by atoms with Gasteiger partial charge in [-0.05, 0) is 61.9 Å². The molecule has 8 heteroatoms. The van der Waals surface area contributed by atoms with Crippen LogP contribution in [-0.4, -0.2) is 32.1 Å². The Morgan fingerprint density at radius 3 is 2.23 bits per heavy atom. The van der Waals surface area contributed by atoms with Crippen LogP contribution in [0.3, 0.4) is 0 Å². The van der Waals surface area contributed by atoms with Crippen molar-refractivity contribution in [2.45, 2.75) is 31.2 Å². The largest absolute Gasteiger partial charge is 0.494 e. The van der Waals surface area contributed by atoms with Crippen molar-refractivity contribution >= 4 is 37.6 Å². The molecule has 0 spiro atoms. The molecular weight excluding hydrogens is 422 g/mol. The SMILES string of the molecule is CCCOc1ccc(N(C(C)C(=O)O)S(=O)(=O)c2ccc(Br)cc2)cc1. The summed E-state index contributed by atoms with van der Waals surface area (Å²) in [5.41, 5.74) is 0.256. The van der Waals surface area contributed by atoms with E-state index in [-0.39, 0.29) is 10.6 Å². The molecule has 0 saturated heterocycles. The number of carbonyl (C=O) groups is 1. The summed E-state index contributed by atoms with van der Waals surface area (Å²) in [7, 11) is -4.05. The number of carboxylic acids is 1. The van der Waals surface area contributed by atoms with Crippen molar-refractivity contribution in [3.05, 3.63) is 53.0 Å². The third-order valence-corrected chi connectivity index (χ3v) is 6.09. The number of aliphatic carboxylic acids is 1. The second kappa shape index (κ2) is 8.55. The van der Waals surface area contributed by atoms with Gasteiger partial charge in [0.15, 0.2) is 0 Å². The summed E-state index contributed by atoms with van der Waals surface area (Å²) >= 11 is 3.26. The van der Waals surface area contributed by atoms with Gasteiger partial charge in [-0.1, -0.05) is 22.9 Å². The molecule has 26 heavy (non-hydrogen) atoms. The van der Waals surface area contributed by atoms with Crippen molar-refractivity contribution in [2.75, 3.05) is 10.9 Å². The van der Waals surface area contributed by atoms with Crippen LogP contribution >= 0.6 is 15.9 Å². The Balaban J connectivity index is 2.46. The van der Waals surface area contributed by atoms with Crippen molar-refractivity contribution in [1.29, 1.82) is 0 Å². The van der Waals surface area contributed by atoms with Crippen LogP contribution in [0, 0.1) is 0 Å². The van der Waals surface area contributed by atoms with E-state index in [2.05, 4.69) is 15.9 Å². The van der Waals surface area contributed by atoms with Crippen LogP contribution in [-0.2, 0) is 14.8 Å². The van der Waals surface area contributed by atoms with E-state index in [9.17, 15) is 18.3 Å². The van der Waals surface area contributed by atoms with E-state index in [1.165, 1.54) is 19.1 Å². The third-order valence-electron chi connectivity index (χ3n) is 3.64. The van der Waals surface area contributed by atoms with Crippen LogP contribution in [0.15, 0.2) is 57.9 Å². The first-order valence-corrected chi connectivity index (χ1v) is 10.3. The van der Waals surface area contributed by atoms with E-state index in [0.717, 1.165) is 15.2 Å². The minimum atomic E-state index is -4.05. The van der Waals surface area contributed by atoms with E-state index in [1.807, 2.05) is 6.92 Å². The highest BCUT2D eigenvalue weighted by Crippen LogP contribution is 2.29. The number of rotatable bonds is 8. The van der Waals surface area contributed by atoms with Gasteiger partial charge in [0.25, 0.3) is 10.0 Å². The summed E-state index contributed by atoms with van der Waals surface area (Å²) in [6, 6.07) is 11.1. The highest BCUT2D eigenvalue weighted by Gasteiger charge is 2.33. The number of carboxylic acid groups (broad SMARTS) is 1. The van der Waals surface area contributed by atoms with E-state index >= 15 is 0 Å². The molecule has 0 aliphatic carbocycles. The zero-order chi connectivity index (χ0) is 19.3. The lowest BCUT2D eigenvalue weighted by molar-refractivity contribution is -0.137. The number of anilines is 1. The smallest absolute Gasteiger partial charge is 0.327 e. The van der Waals surface area contributed by atoms with Gasteiger partial charge < -0.3 is 9.84 Å². The average molecular weight is 442 g/mol. The van der Waals surface area contributed by atoms with Crippen LogP contribution < -0.4 is 9.04 Å². The van der Waals surface area contributed by atoms with Gasteiger partial charge in [0.05, 0.1) is 17.2 Å². The maximum absolute atomic E-state index is 13.1. The summed E-state index contributed by atoms with van der Waals surface area (Å²) in [6.45, 7) is 3.86. The van der Waals surface area contributed by atoms with E-state index in [4.69, 9.17) is 4.74 Å². The number of ether oxygens (including phenoxy) is 1. The van der Waals surface area contributed by atoms with Crippen LogP contribution in [0.25, 0.3) is 0 Å². The molecule has 0 fully saturated rings. The normalized spacial score (nSPS) is 12.4. The van der Waals surface area contributed by atoms with Crippen LogP contribution in [0.5, 0.6) is 5.75 Å². The lowest BCUT2D eigenvalue weighted by atomic mass is 10.2. The van der Waals surface area contributed by atoms with E-state index in [1.54, 1.807) is 36.4 Å². The first kappa shape index (κ1) is 20.3. The Labute approximate surface area is 161 Å². The van der Waals surface area contributed by atoms with Crippen molar-refractivity contribution in [3.8, 4) is 5.75 Å². The molecule has 1 atom stereocenters. The maximum Gasteiger partial charge on any atom is 0.327 e. The van der Waals surface area contributed by atoms with Gasteiger partial charge in [-0.15, -0.1) is 0 Å². The van der Waals surface area contributed by atoms with Crippen molar-refractivity contribution in [3.63, 3.8) is 0 Å². The number of hydrogen-bond acceptors (Lipinski definition) is 4. The molecule has 0 saturated carbocycles. The summed E-state index contributed by atoms with van der Waals surface area (Å²) in [5.74, 6) is -0.642. The molecule has 0 aliphatic heterocycles. The van der Waals surface area contributed by atoms with E-state index in [0.29, 0.717) is 12.4 Å². The number of halogens is 1. The minimum absolute atomic E-state index is 0.0140. The summed E-state index contributed by atoms with van der Waals surface area (Å²) in [4.78, 5) is 11.5. The van der Waals surface area contributed by atoms with Gasteiger partial charge in [0.2, 0.25) is 0 Å². The van der Waals surface area contributed by atoms with Crippen molar-refractivity contribution < 1.29 is 23.1 Å². The molecule has 1 unspecified atom stereocenters. The molecular formula is C18H20BrNO5S. The van der Waals surface area contributed by atoms with Crippen molar-refractivity contribution in [2.24, 2.45) is 0 Å². The first-order valence-electron chi connectivity index (χ1n) is 8.03.